The number of halogens is 3. The summed E-state index contributed by atoms with van der Waals surface area (Å²) in [6.45, 7) is 5.95. The molecule has 0 spiro atoms. The van der Waals surface area contributed by atoms with Crippen LogP contribution in [0.4, 0.5) is 18.9 Å². The van der Waals surface area contributed by atoms with Crippen molar-refractivity contribution in [3.8, 4) is 17.4 Å². The van der Waals surface area contributed by atoms with Gasteiger partial charge >= 0.3 is 6.18 Å². The van der Waals surface area contributed by atoms with Crippen molar-refractivity contribution >= 4 is 21.6 Å². The lowest BCUT2D eigenvalue weighted by molar-refractivity contribution is -0.656. The molecule has 5 rings (SSSR count). The molecule has 4 aromatic rings. The lowest BCUT2D eigenvalue weighted by atomic mass is 9.89. The number of alkyl halides is 3. The molecule has 272 valence electrons. The Morgan fingerprint density at radius 2 is 1.67 bits per heavy atom. The zero-order valence-electron chi connectivity index (χ0n) is 28.1. The van der Waals surface area contributed by atoms with E-state index in [2.05, 4.69) is 20.2 Å². The number of benzene rings is 3. The van der Waals surface area contributed by atoms with Gasteiger partial charge in [-0.1, -0.05) is 42.5 Å². The van der Waals surface area contributed by atoms with Gasteiger partial charge in [-0.15, -0.1) is 10.2 Å². The van der Waals surface area contributed by atoms with Crippen molar-refractivity contribution < 1.29 is 45.9 Å². The number of carbonyl (C=O) groups excluding carboxylic acids is 1. The summed E-state index contributed by atoms with van der Waals surface area (Å²) in [5.41, 5.74) is 1.11. The number of hydrogen-bond donors (Lipinski definition) is 2. The number of anilines is 1. The molecular formula is C36H41F3N5O6S+. The maximum atomic E-state index is 13.6. The van der Waals surface area contributed by atoms with Crippen LogP contribution in [0, 0.1) is 0 Å². The maximum absolute atomic E-state index is 13.6. The number of sulfonamides is 1. The van der Waals surface area contributed by atoms with Crippen LogP contribution in [0.25, 0.3) is 0 Å². The predicted octanol–water partition coefficient (Wildman–Crippen LogP) is 5.23. The molecule has 1 aromatic heterocycles. The van der Waals surface area contributed by atoms with Crippen LogP contribution in [0.1, 0.15) is 52.9 Å². The molecule has 0 atom stereocenters. The smallest absolute Gasteiger partial charge is 0.435 e. The van der Waals surface area contributed by atoms with Crippen LogP contribution in [-0.4, -0.2) is 75.4 Å². The van der Waals surface area contributed by atoms with Crippen molar-refractivity contribution in [2.45, 2.75) is 37.6 Å². The summed E-state index contributed by atoms with van der Waals surface area (Å²) in [4.78, 5) is 15.4. The Balaban J connectivity index is 1.20. The molecular weight excluding hydrogens is 687 g/mol. The molecule has 11 nitrogen and oxygen atoms in total. The van der Waals surface area contributed by atoms with Crippen LogP contribution in [0.15, 0.2) is 84.9 Å². The molecule has 0 radical (unpaired) electrons. The van der Waals surface area contributed by atoms with E-state index in [0.29, 0.717) is 74.9 Å². The third-order valence-corrected chi connectivity index (χ3v) is 9.47. The van der Waals surface area contributed by atoms with E-state index in [1.54, 1.807) is 53.4 Å². The number of nitrogens with zero attached hydrogens (tertiary/aromatic N) is 3. The third-order valence-electron chi connectivity index (χ3n) is 8.23. The molecule has 3 N–H and O–H groups in total. The Bertz CT molecular complexity index is 1820. The van der Waals surface area contributed by atoms with E-state index < -0.39 is 21.9 Å². The van der Waals surface area contributed by atoms with Gasteiger partial charge < -0.3 is 24.4 Å². The van der Waals surface area contributed by atoms with E-state index in [-0.39, 0.29) is 29.1 Å². The maximum Gasteiger partial charge on any atom is 0.435 e. The first-order chi connectivity index (χ1) is 24.5. The molecule has 1 fully saturated rings. The standard InChI is InChI=1S/C36H40F3N5O6S/c1-2-48-22-18-40-19-23-49-32-13-10-29(24-31(32)43-51(46,47)25-26-6-4-3-5-7-26)35(45)44-20-16-28(17-21-44)27-8-11-30(12-9-27)50-34-15-14-33(41-42-34)36(37,38)39/h3-15,24,28,40,43H,2,16-23,25H2,1H3/p+1. The van der Waals surface area contributed by atoms with E-state index in [9.17, 15) is 26.4 Å². The summed E-state index contributed by atoms with van der Waals surface area (Å²) in [5, 5.41) is 8.72. The Kier molecular flexibility index (Phi) is 12.9. The lowest BCUT2D eigenvalue weighted by Crippen LogP contribution is -2.86. The van der Waals surface area contributed by atoms with E-state index in [4.69, 9.17) is 14.2 Å². The molecule has 0 bridgehead atoms. The van der Waals surface area contributed by atoms with Gasteiger partial charge in [0.05, 0.1) is 24.6 Å². The number of rotatable bonds is 16. The van der Waals surface area contributed by atoms with Crippen molar-refractivity contribution in [1.29, 1.82) is 0 Å². The van der Waals surface area contributed by atoms with E-state index in [1.165, 1.54) is 6.07 Å². The van der Waals surface area contributed by atoms with Crippen molar-refractivity contribution in [3.63, 3.8) is 0 Å². The summed E-state index contributed by atoms with van der Waals surface area (Å²) in [7, 11) is -3.82. The van der Waals surface area contributed by atoms with Gasteiger partial charge in [-0.2, -0.15) is 13.2 Å². The highest BCUT2D eigenvalue weighted by atomic mass is 32.2. The second-order valence-corrected chi connectivity index (χ2v) is 13.7. The number of nitrogens with one attached hydrogen (secondary N) is 1. The highest BCUT2D eigenvalue weighted by Crippen LogP contribution is 2.33. The van der Waals surface area contributed by atoms with Crippen molar-refractivity contribution in [3.05, 3.63) is 107 Å². The summed E-state index contributed by atoms with van der Waals surface area (Å²) in [6, 6.07) is 22.8. The number of ether oxygens (including phenoxy) is 3. The lowest BCUT2D eigenvalue weighted by Gasteiger charge is -2.32. The minimum Gasteiger partial charge on any atom is -0.486 e. The van der Waals surface area contributed by atoms with Crippen molar-refractivity contribution in [1.82, 2.24) is 15.1 Å². The van der Waals surface area contributed by atoms with Crippen LogP contribution < -0.4 is 19.5 Å². The number of hydrogen-bond acceptors (Lipinski definition) is 8. The first-order valence-electron chi connectivity index (χ1n) is 16.7. The number of likely N-dealkylation sites (tertiary alicyclic amines) is 1. The molecule has 51 heavy (non-hydrogen) atoms. The minimum atomic E-state index is -4.58. The topological polar surface area (TPSA) is 137 Å². The Morgan fingerprint density at radius 1 is 0.941 bits per heavy atom. The van der Waals surface area contributed by atoms with Gasteiger partial charge in [-0.25, -0.2) is 8.42 Å². The zero-order chi connectivity index (χ0) is 36.3. The molecule has 1 aliphatic heterocycles. The average molecular weight is 729 g/mol. The van der Waals surface area contributed by atoms with Crippen molar-refractivity contribution in [2.24, 2.45) is 0 Å². The van der Waals surface area contributed by atoms with Gasteiger partial charge in [-0.05, 0) is 73.2 Å². The summed E-state index contributed by atoms with van der Waals surface area (Å²) in [5.74, 6) is 0.409. The van der Waals surface area contributed by atoms with Crippen LogP contribution >= 0.6 is 0 Å². The average Bonchev–Trinajstić information content (AvgIpc) is 3.12. The van der Waals surface area contributed by atoms with Crippen LogP contribution in [0.5, 0.6) is 17.4 Å². The zero-order valence-corrected chi connectivity index (χ0v) is 29.0. The van der Waals surface area contributed by atoms with E-state index in [1.807, 2.05) is 25.1 Å². The van der Waals surface area contributed by atoms with E-state index >= 15 is 0 Å². The molecule has 1 saturated heterocycles. The Morgan fingerprint density at radius 3 is 2.33 bits per heavy atom. The quantitative estimate of drug-likeness (QED) is 0.150. The normalized spacial score (nSPS) is 13.9. The summed E-state index contributed by atoms with van der Waals surface area (Å²) < 4.78 is 84.1. The van der Waals surface area contributed by atoms with Crippen LogP contribution in [-0.2, 0) is 26.7 Å². The van der Waals surface area contributed by atoms with Crippen LogP contribution in [0.3, 0.4) is 0 Å². The van der Waals surface area contributed by atoms with Gasteiger partial charge in [0, 0.05) is 31.3 Å². The third kappa shape index (κ3) is 11.1. The van der Waals surface area contributed by atoms with Gasteiger partial charge in [0.25, 0.3) is 5.91 Å². The first kappa shape index (κ1) is 37.5. The minimum absolute atomic E-state index is 0.0545. The molecule has 0 aliphatic carbocycles. The molecule has 1 amide bonds. The largest absolute Gasteiger partial charge is 0.486 e. The molecule has 0 saturated carbocycles. The summed E-state index contributed by atoms with van der Waals surface area (Å²) >= 11 is 0. The summed E-state index contributed by atoms with van der Waals surface area (Å²) in [6.07, 6.45) is -3.18. The fraction of sp³-hybridized carbons (Fsp3) is 0.361. The van der Waals surface area contributed by atoms with Gasteiger partial charge in [0.1, 0.15) is 24.7 Å². The fourth-order valence-electron chi connectivity index (χ4n) is 5.63. The SMILES string of the molecule is CCOCC[NH2+]CCOc1ccc(C(=O)N2CCC(c3ccc(Oc4ccc(C(F)(F)F)nn4)cc3)CC2)cc1NS(=O)(=O)Cc1ccccc1. The van der Waals surface area contributed by atoms with Gasteiger partial charge in [0.2, 0.25) is 15.9 Å². The van der Waals surface area contributed by atoms with Gasteiger partial charge in [0.15, 0.2) is 5.69 Å². The fourth-order valence-corrected chi connectivity index (χ4v) is 6.82. The molecule has 1 aliphatic rings. The highest BCUT2D eigenvalue weighted by Gasteiger charge is 2.33. The Hall–Kier alpha value is -4.73. The number of aromatic nitrogens is 2. The molecule has 2 heterocycles. The molecule has 3 aromatic carbocycles. The van der Waals surface area contributed by atoms with E-state index in [0.717, 1.165) is 24.2 Å². The van der Waals surface area contributed by atoms with Crippen LogP contribution in [0.2, 0.25) is 0 Å². The second-order valence-electron chi connectivity index (χ2n) is 12.0. The first-order valence-corrected chi connectivity index (χ1v) is 18.3. The number of piperidine rings is 1. The number of amides is 1. The molecule has 0 unspecified atom stereocenters. The Labute approximate surface area is 295 Å². The van der Waals surface area contributed by atoms with Crippen molar-refractivity contribution in [2.75, 3.05) is 50.7 Å². The van der Waals surface area contributed by atoms with Gasteiger partial charge in [-0.3, -0.25) is 9.52 Å². The highest BCUT2D eigenvalue weighted by molar-refractivity contribution is 7.91. The number of carbonyl (C=O) groups is 1. The predicted molar refractivity (Wildman–Crippen MR) is 184 cm³/mol. The number of quaternary nitrogens is 1. The molecule has 15 heteroatoms. The number of nitrogens with two attached hydrogens (primary N) is 1. The second kappa shape index (κ2) is 17.5. The monoisotopic (exact) mass is 728 g/mol.